The van der Waals surface area contributed by atoms with Gasteiger partial charge in [-0.25, -0.2) is 4.98 Å². The zero-order chi connectivity index (χ0) is 8.97. The molecule has 1 aromatic rings. The molecule has 0 saturated carbocycles. The quantitative estimate of drug-likeness (QED) is 0.774. The first-order valence-electron chi connectivity index (χ1n) is 4.34. The fourth-order valence-corrected chi connectivity index (χ4v) is 2.01. The summed E-state index contributed by atoms with van der Waals surface area (Å²) in [4.78, 5) is 4.42. The lowest BCUT2D eigenvalue weighted by atomic mass is 10.2. The minimum absolute atomic E-state index is 0.579. The van der Waals surface area contributed by atoms with Gasteiger partial charge in [0.2, 0.25) is 0 Å². The van der Waals surface area contributed by atoms with Crippen LogP contribution in [0.3, 0.4) is 0 Å². The van der Waals surface area contributed by atoms with Crippen LogP contribution in [0.1, 0.15) is 24.0 Å². The summed E-state index contributed by atoms with van der Waals surface area (Å²) in [5.41, 5.74) is 1.14. The SMILES string of the molecule is CCC(Cc1nc(C)cs1)NC. The molecule has 0 aliphatic rings. The van der Waals surface area contributed by atoms with Crippen LogP contribution in [-0.4, -0.2) is 18.1 Å². The van der Waals surface area contributed by atoms with E-state index in [1.165, 1.54) is 5.01 Å². The van der Waals surface area contributed by atoms with Gasteiger partial charge < -0.3 is 5.32 Å². The largest absolute Gasteiger partial charge is 0.317 e. The van der Waals surface area contributed by atoms with Gasteiger partial charge in [-0.2, -0.15) is 0 Å². The molecule has 1 heterocycles. The molecule has 0 radical (unpaired) electrons. The number of nitrogens with one attached hydrogen (secondary N) is 1. The third-order valence-electron chi connectivity index (χ3n) is 1.99. The predicted molar refractivity (Wildman–Crippen MR) is 53.7 cm³/mol. The van der Waals surface area contributed by atoms with E-state index in [-0.39, 0.29) is 0 Å². The maximum Gasteiger partial charge on any atom is 0.0943 e. The molecule has 68 valence electrons. The minimum Gasteiger partial charge on any atom is -0.317 e. The number of rotatable bonds is 4. The summed E-state index contributed by atoms with van der Waals surface area (Å²) in [7, 11) is 2.01. The third kappa shape index (κ3) is 2.57. The molecule has 1 aromatic heterocycles. The molecule has 0 bridgehead atoms. The van der Waals surface area contributed by atoms with Crippen LogP contribution in [0.15, 0.2) is 5.38 Å². The Morgan fingerprint density at radius 1 is 1.67 bits per heavy atom. The first-order valence-corrected chi connectivity index (χ1v) is 5.22. The van der Waals surface area contributed by atoms with Gasteiger partial charge in [0.15, 0.2) is 0 Å². The molecule has 1 atom stereocenters. The van der Waals surface area contributed by atoms with Crippen molar-refractivity contribution in [3.8, 4) is 0 Å². The Morgan fingerprint density at radius 2 is 2.42 bits per heavy atom. The molecular formula is C9H16N2S. The molecule has 0 aromatic carbocycles. The number of hydrogen-bond donors (Lipinski definition) is 1. The van der Waals surface area contributed by atoms with Crippen LogP contribution in [0.2, 0.25) is 0 Å². The Morgan fingerprint density at radius 3 is 2.83 bits per heavy atom. The van der Waals surface area contributed by atoms with Gasteiger partial charge >= 0.3 is 0 Å². The van der Waals surface area contributed by atoms with Gasteiger partial charge in [-0.15, -0.1) is 11.3 Å². The van der Waals surface area contributed by atoms with E-state index in [1.54, 1.807) is 11.3 Å². The molecule has 2 nitrogen and oxygen atoms in total. The van der Waals surface area contributed by atoms with E-state index in [2.05, 4.69) is 22.6 Å². The van der Waals surface area contributed by atoms with Gasteiger partial charge in [0.1, 0.15) is 0 Å². The predicted octanol–water partition coefficient (Wildman–Crippen LogP) is 1.99. The van der Waals surface area contributed by atoms with Gasteiger partial charge in [-0.1, -0.05) is 6.92 Å². The van der Waals surface area contributed by atoms with Crippen LogP contribution in [0.25, 0.3) is 0 Å². The van der Waals surface area contributed by atoms with Gasteiger partial charge in [0.25, 0.3) is 0 Å². The molecule has 0 fully saturated rings. The van der Waals surface area contributed by atoms with Crippen molar-refractivity contribution in [2.75, 3.05) is 7.05 Å². The number of hydrogen-bond acceptors (Lipinski definition) is 3. The molecule has 1 rings (SSSR count). The van der Waals surface area contributed by atoms with E-state index in [1.807, 2.05) is 14.0 Å². The zero-order valence-corrected chi connectivity index (χ0v) is 8.74. The Kier molecular flexibility index (Phi) is 3.69. The van der Waals surface area contributed by atoms with E-state index in [0.717, 1.165) is 18.5 Å². The Balaban J connectivity index is 2.50. The topological polar surface area (TPSA) is 24.9 Å². The maximum absolute atomic E-state index is 4.42. The van der Waals surface area contributed by atoms with Gasteiger partial charge in [0, 0.05) is 23.5 Å². The fraction of sp³-hybridized carbons (Fsp3) is 0.667. The summed E-state index contributed by atoms with van der Waals surface area (Å²) in [6.45, 7) is 4.24. The highest BCUT2D eigenvalue weighted by atomic mass is 32.1. The van der Waals surface area contributed by atoms with E-state index >= 15 is 0 Å². The van der Waals surface area contributed by atoms with Crippen LogP contribution in [0, 0.1) is 6.92 Å². The van der Waals surface area contributed by atoms with E-state index in [4.69, 9.17) is 0 Å². The highest BCUT2D eigenvalue weighted by Crippen LogP contribution is 2.11. The monoisotopic (exact) mass is 184 g/mol. The van der Waals surface area contributed by atoms with E-state index < -0.39 is 0 Å². The molecule has 3 heteroatoms. The molecule has 1 unspecified atom stereocenters. The Hall–Kier alpha value is -0.410. The Bertz CT molecular complexity index is 228. The summed E-state index contributed by atoms with van der Waals surface area (Å²) in [5, 5.41) is 6.63. The lowest BCUT2D eigenvalue weighted by Gasteiger charge is -2.10. The highest BCUT2D eigenvalue weighted by Gasteiger charge is 2.06. The van der Waals surface area contributed by atoms with Crippen molar-refractivity contribution in [1.29, 1.82) is 0 Å². The van der Waals surface area contributed by atoms with Gasteiger partial charge in [-0.05, 0) is 20.4 Å². The second-order valence-electron chi connectivity index (χ2n) is 2.98. The lowest BCUT2D eigenvalue weighted by molar-refractivity contribution is 0.542. The summed E-state index contributed by atoms with van der Waals surface area (Å²) >= 11 is 1.76. The molecule has 0 spiro atoms. The van der Waals surface area contributed by atoms with E-state index in [9.17, 15) is 0 Å². The molecule has 0 aliphatic heterocycles. The van der Waals surface area contributed by atoms with Crippen LogP contribution in [-0.2, 0) is 6.42 Å². The van der Waals surface area contributed by atoms with Gasteiger partial charge in [-0.3, -0.25) is 0 Å². The summed E-state index contributed by atoms with van der Waals surface area (Å²) in [6, 6.07) is 0.579. The number of aromatic nitrogens is 1. The Labute approximate surface area is 78.0 Å². The smallest absolute Gasteiger partial charge is 0.0943 e. The molecule has 0 aliphatic carbocycles. The molecular weight excluding hydrogens is 168 g/mol. The van der Waals surface area contributed by atoms with Crippen molar-refractivity contribution >= 4 is 11.3 Å². The summed E-state index contributed by atoms with van der Waals surface area (Å²) in [6.07, 6.45) is 2.22. The third-order valence-corrected chi connectivity index (χ3v) is 2.98. The molecule has 12 heavy (non-hydrogen) atoms. The molecule has 1 N–H and O–H groups in total. The van der Waals surface area contributed by atoms with Crippen LogP contribution in [0.5, 0.6) is 0 Å². The standard InChI is InChI=1S/C9H16N2S/c1-4-8(10-3)5-9-11-7(2)6-12-9/h6,8,10H,4-5H2,1-3H3. The molecule has 0 saturated heterocycles. The van der Waals surface area contributed by atoms with Crippen molar-refractivity contribution < 1.29 is 0 Å². The van der Waals surface area contributed by atoms with Crippen LogP contribution < -0.4 is 5.32 Å². The number of thiazole rings is 1. The van der Waals surface area contributed by atoms with E-state index in [0.29, 0.717) is 6.04 Å². The lowest BCUT2D eigenvalue weighted by Crippen LogP contribution is -2.26. The average Bonchev–Trinajstić information content (AvgIpc) is 2.47. The maximum atomic E-state index is 4.42. The number of likely N-dealkylation sites (N-methyl/N-ethyl adjacent to an activating group) is 1. The zero-order valence-electron chi connectivity index (χ0n) is 7.92. The summed E-state index contributed by atoms with van der Waals surface area (Å²) < 4.78 is 0. The number of aryl methyl sites for hydroxylation is 1. The second kappa shape index (κ2) is 4.58. The normalized spacial score (nSPS) is 13.2. The fourth-order valence-electron chi connectivity index (χ4n) is 1.16. The number of nitrogens with zero attached hydrogens (tertiary/aromatic N) is 1. The first-order chi connectivity index (χ1) is 5.76. The second-order valence-corrected chi connectivity index (χ2v) is 3.92. The minimum atomic E-state index is 0.579. The van der Waals surface area contributed by atoms with Crippen LogP contribution >= 0.6 is 11.3 Å². The summed E-state index contributed by atoms with van der Waals surface area (Å²) in [5.74, 6) is 0. The van der Waals surface area contributed by atoms with Crippen molar-refractivity contribution in [2.24, 2.45) is 0 Å². The van der Waals surface area contributed by atoms with Gasteiger partial charge in [0.05, 0.1) is 5.01 Å². The van der Waals surface area contributed by atoms with Crippen molar-refractivity contribution in [3.05, 3.63) is 16.1 Å². The average molecular weight is 184 g/mol. The van der Waals surface area contributed by atoms with Crippen molar-refractivity contribution in [1.82, 2.24) is 10.3 Å². The molecule has 0 amide bonds. The first kappa shape index (κ1) is 9.68. The van der Waals surface area contributed by atoms with Crippen LogP contribution in [0.4, 0.5) is 0 Å². The van der Waals surface area contributed by atoms with Crippen molar-refractivity contribution in [2.45, 2.75) is 32.7 Å². The highest BCUT2D eigenvalue weighted by molar-refractivity contribution is 7.09. The van der Waals surface area contributed by atoms with Crippen molar-refractivity contribution in [3.63, 3.8) is 0 Å².